The maximum absolute atomic E-state index is 10.0. The predicted molar refractivity (Wildman–Crippen MR) is 266 cm³/mol. The first-order chi connectivity index (χ1) is 34.2. The third kappa shape index (κ3) is 5.60. The van der Waals surface area contributed by atoms with Crippen LogP contribution in [0.2, 0.25) is 0 Å². The summed E-state index contributed by atoms with van der Waals surface area (Å²) < 4.78 is 72.0. The Hall–Kier alpha value is -8.40. The number of rotatable bonds is 6. The zero-order valence-corrected chi connectivity index (χ0v) is 33.8. The van der Waals surface area contributed by atoms with Crippen molar-refractivity contribution in [1.82, 2.24) is 13.7 Å². The van der Waals surface area contributed by atoms with Gasteiger partial charge in [-0.2, -0.15) is 0 Å². The zero-order chi connectivity index (χ0) is 47.5. The average molecular weight is 809 g/mol. The molecule has 294 valence electrons. The van der Waals surface area contributed by atoms with E-state index in [4.69, 9.17) is 2.74 Å². The lowest BCUT2D eigenvalue weighted by Crippen LogP contribution is -1.98. The molecule has 3 heterocycles. The Balaban J connectivity index is 1.05. The largest absolute Gasteiger partial charge is 0.309 e. The van der Waals surface area contributed by atoms with Gasteiger partial charge in [-0.15, -0.1) is 0 Å². The van der Waals surface area contributed by atoms with Crippen LogP contribution in [0.3, 0.4) is 0 Å². The molecule has 63 heavy (non-hydrogen) atoms. The summed E-state index contributed by atoms with van der Waals surface area (Å²) in [6.07, 6.45) is 0. The summed E-state index contributed by atoms with van der Waals surface area (Å²) in [6, 6.07) is 63.6. The highest BCUT2D eigenvalue weighted by molar-refractivity contribution is 6.14. The minimum Gasteiger partial charge on any atom is -0.309 e. The molecule has 3 nitrogen and oxygen atoms in total. The molecule has 13 rings (SSSR count). The molecule has 0 fully saturated rings. The Kier molecular flexibility index (Phi) is 6.48. The summed E-state index contributed by atoms with van der Waals surface area (Å²) >= 11 is 0. The number of fused-ring (bicyclic) bond motifs is 9. The molecule has 0 saturated heterocycles. The van der Waals surface area contributed by atoms with Crippen molar-refractivity contribution in [1.29, 1.82) is 0 Å². The fraction of sp³-hybridized carbons (Fsp3) is 0. The molecular formula is C60H39N3. The topological polar surface area (TPSA) is 14.8 Å². The summed E-state index contributed by atoms with van der Waals surface area (Å²) in [5.41, 5.74) is 11.7. The molecule has 0 aliphatic carbocycles. The van der Waals surface area contributed by atoms with Gasteiger partial charge in [0.2, 0.25) is 0 Å². The van der Waals surface area contributed by atoms with Crippen LogP contribution in [0.15, 0.2) is 236 Å². The summed E-state index contributed by atoms with van der Waals surface area (Å²) in [7, 11) is 0. The zero-order valence-electron chi connectivity index (χ0n) is 40.8. The monoisotopic (exact) mass is 808 g/mol. The van der Waals surface area contributed by atoms with Crippen LogP contribution in [0.4, 0.5) is 0 Å². The van der Waals surface area contributed by atoms with Crippen LogP contribution < -0.4 is 0 Å². The van der Waals surface area contributed by atoms with E-state index in [1.165, 1.54) is 0 Å². The standard InChI is InChI=1S/C60H39N3/c1-3-14-40(15-4-1)42-26-31-46(32-27-42)61-58-34-29-44(37-54(58)52-33-28-45(38-60(52)61)41-16-5-2-6-17-41)43-30-35-59-53(36-43)51-22-9-12-25-57(51)63(59)48-19-13-18-47(39-48)62-55-23-10-7-20-49(55)50-21-8-11-24-56(50)62/h1-39H/i9D,12D,22D,25D,30D,35D,36D. The van der Waals surface area contributed by atoms with Crippen LogP contribution in [0, 0.1) is 0 Å². The number of hydrogen-bond donors (Lipinski definition) is 0. The molecule has 0 aliphatic heterocycles. The van der Waals surface area contributed by atoms with E-state index < -0.39 is 12.1 Å². The van der Waals surface area contributed by atoms with Crippen molar-refractivity contribution in [3.05, 3.63) is 236 Å². The maximum Gasteiger partial charge on any atom is 0.0645 e. The number of hydrogen-bond acceptors (Lipinski definition) is 0. The van der Waals surface area contributed by atoms with E-state index in [0.29, 0.717) is 11.3 Å². The van der Waals surface area contributed by atoms with Crippen molar-refractivity contribution in [3.8, 4) is 50.4 Å². The van der Waals surface area contributed by atoms with Gasteiger partial charge in [0.05, 0.1) is 42.7 Å². The van der Waals surface area contributed by atoms with Gasteiger partial charge in [-0.3, -0.25) is 0 Å². The number of nitrogens with zero attached hydrogens (tertiary/aromatic N) is 3. The molecule has 0 aliphatic rings. The average Bonchev–Trinajstić information content (AvgIpc) is 4.06. The second-order valence-corrected chi connectivity index (χ2v) is 16.0. The molecule has 0 spiro atoms. The summed E-state index contributed by atoms with van der Waals surface area (Å²) in [5, 5.41) is 4.37. The highest BCUT2D eigenvalue weighted by Gasteiger charge is 2.18. The summed E-state index contributed by atoms with van der Waals surface area (Å²) in [6.45, 7) is 0. The van der Waals surface area contributed by atoms with Crippen LogP contribution in [-0.4, -0.2) is 13.7 Å². The number of para-hydroxylation sites is 3. The molecule has 3 aromatic heterocycles. The normalized spacial score (nSPS) is 13.4. The first-order valence-corrected chi connectivity index (χ1v) is 21.1. The van der Waals surface area contributed by atoms with Crippen LogP contribution in [0.25, 0.3) is 116 Å². The molecule has 0 N–H and O–H groups in total. The van der Waals surface area contributed by atoms with Crippen LogP contribution in [0.5, 0.6) is 0 Å². The smallest absolute Gasteiger partial charge is 0.0645 e. The summed E-state index contributed by atoms with van der Waals surface area (Å²) in [5.74, 6) is 0. The van der Waals surface area contributed by atoms with Gasteiger partial charge in [-0.1, -0.05) is 158 Å². The molecule has 0 unspecified atom stereocenters. The van der Waals surface area contributed by atoms with Crippen molar-refractivity contribution < 1.29 is 9.60 Å². The van der Waals surface area contributed by atoms with Gasteiger partial charge in [-0.05, 0) is 112 Å². The number of benzene rings is 10. The second kappa shape index (κ2) is 14.1. The van der Waals surface area contributed by atoms with Gasteiger partial charge in [0.1, 0.15) is 0 Å². The van der Waals surface area contributed by atoms with E-state index in [1.807, 2.05) is 103 Å². The highest BCUT2D eigenvalue weighted by atomic mass is 15.0. The van der Waals surface area contributed by atoms with Crippen molar-refractivity contribution in [2.24, 2.45) is 0 Å². The van der Waals surface area contributed by atoms with Gasteiger partial charge >= 0.3 is 0 Å². The molecule has 10 aromatic carbocycles. The lowest BCUT2D eigenvalue weighted by molar-refractivity contribution is 1.13. The van der Waals surface area contributed by atoms with Gasteiger partial charge in [0.25, 0.3) is 0 Å². The van der Waals surface area contributed by atoms with E-state index >= 15 is 0 Å². The van der Waals surface area contributed by atoms with Gasteiger partial charge in [0.15, 0.2) is 0 Å². The van der Waals surface area contributed by atoms with E-state index in [9.17, 15) is 6.85 Å². The predicted octanol–water partition coefficient (Wildman–Crippen LogP) is 16.0. The molecule has 13 aromatic rings. The molecule has 0 amide bonds. The minimum absolute atomic E-state index is 0.0886. The molecule has 0 radical (unpaired) electrons. The fourth-order valence-corrected chi connectivity index (χ4v) is 9.59. The van der Waals surface area contributed by atoms with E-state index in [2.05, 4.69) is 100 Å². The third-order valence-corrected chi connectivity index (χ3v) is 12.5. The Morgan fingerprint density at radius 1 is 0.254 bits per heavy atom. The van der Waals surface area contributed by atoms with Gasteiger partial charge in [0, 0.05) is 49.4 Å². The van der Waals surface area contributed by atoms with E-state index in [0.717, 1.165) is 77.2 Å². The molecular weight excluding hydrogens is 763 g/mol. The van der Waals surface area contributed by atoms with Crippen molar-refractivity contribution >= 4 is 65.4 Å². The maximum atomic E-state index is 10.0. The SMILES string of the molecule is [2H]c1c([2H])c([2H])c2c(c1[2H])c1c([2H])c(-c3ccc4c(c3)c3ccc(-c5ccccc5)cc3n4-c3ccc(-c4ccccc4)cc3)c([2H])c([2H])c1n2-c1cccc(-n2c3ccccc3c3ccccc32)c1. The van der Waals surface area contributed by atoms with Crippen molar-refractivity contribution in [2.45, 2.75) is 0 Å². The third-order valence-electron chi connectivity index (χ3n) is 12.5. The highest BCUT2D eigenvalue weighted by Crippen LogP contribution is 2.40. The second-order valence-electron chi connectivity index (χ2n) is 16.0. The fourth-order valence-electron chi connectivity index (χ4n) is 9.59. The Morgan fingerprint density at radius 3 is 1.51 bits per heavy atom. The lowest BCUT2D eigenvalue weighted by Gasteiger charge is -2.13. The Labute approximate surface area is 374 Å². The molecule has 3 heteroatoms. The van der Waals surface area contributed by atoms with E-state index in [-0.39, 0.29) is 57.6 Å². The van der Waals surface area contributed by atoms with Crippen LogP contribution in [-0.2, 0) is 0 Å². The van der Waals surface area contributed by atoms with Gasteiger partial charge < -0.3 is 13.7 Å². The summed E-state index contributed by atoms with van der Waals surface area (Å²) in [4.78, 5) is 0. The minimum atomic E-state index is -0.432. The first-order valence-electron chi connectivity index (χ1n) is 24.6. The van der Waals surface area contributed by atoms with Crippen molar-refractivity contribution in [2.75, 3.05) is 0 Å². The van der Waals surface area contributed by atoms with Crippen LogP contribution in [0.1, 0.15) is 9.60 Å². The Bertz CT molecular complexity index is 4250. The van der Waals surface area contributed by atoms with E-state index in [1.54, 1.807) is 4.57 Å². The Morgan fingerprint density at radius 2 is 0.778 bits per heavy atom. The molecule has 0 saturated carbocycles. The van der Waals surface area contributed by atoms with Gasteiger partial charge in [-0.25, -0.2) is 0 Å². The molecule has 0 atom stereocenters. The number of aromatic nitrogens is 3. The van der Waals surface area contributed by atoms with Crippen LogP contribution >= 0.6 is 0 Å². The molecule has 0 bridgehead atoms. The first kappa shape index (κ1) is 29.0. The van der Waals surface area contributed by atoms with Crippen molar-refractivity contribution in [3.63, 3.8) is 0 Å². The quantitative estimate of drug-likeness (QED) is 0.159. The lowest BCUT2D eigenvalue weighted by atomic mass is 9.99.